The summed E-state index contributed by atoms with van der Waals surface area (Å²) in [6.07, 6.45) is 4.40. The van der Waals surface area contributed by atoms with E-state index in [1.165, 1.54) is 6.33 Å². The fourth-order valence-electron chi connectivity index (χ4n) is 3.79. The van der Waals surface area contributed by atoms with Gasteiger partial charge in [-0.1, -0.05) is 37.5 Å². The van der Waals surface area contributed by atoms with Crippen LogP contribution in [0.5, 0.6) is 0 Å². The van der Waals surface area contributed by atoms with Gasteiger partial charge in [-0.3, -0.25) is 4.79 Å². The minimum absolute atomic E-state index is 0.000786. The maximum absolute atomic E-state index is 12.3. The lowest BCUT2D eigenvalue weighted by molar-refractivity contribution is 0.111. The normalized spacial score (nSPS) is 15.2. The van der Waals surface area contributed by atoms with E-state index in [1.54, 1.807) is 0 Å². The third-order valence-corrected chi connectivity index (χ3v) is 11.6. The molecule has 0 N–H and O–H groups in total. The fourth-order valence-corrected chi connectivity index (χ4v) is 4.95. The summed E-state index contributed by atoms with van der Waals surface area (Å²) in [6.45, 7) is 15.5. The SMILES string of the molecule is CC(C)n1c(C=O)c(-c2noc(C3CC3)c2CO[Si](C)(C)C(C)(C)C)c2c(Cl)ncnc21. The molecule has 1 aliphatic carbocycles. The average Bonchev–Trinajstić information content (AvgIpc) is 3.36. The molecular weight excluding hydrogens is 444 g/mol. The van der Waals surface area contributed by atoms with Crippen LogP contribution < -0.4 is 0 Å². The molecule has 0 radical (unpaired) electrons. The lowest BCUT2D eigenvalue weighted by Crippen LogP contribution is -2.40. The van der Waals surface area contributed by atoms with E-state index in [1.807, 2.05) is 18.4 Å². The molecule has 0 aliphatic heterocycles. The van der Waals surface area contributed by atoms with Gasteiger partial charge >= 0.3 is 0 Å². The smallest absolute Gasteiger partial charge is 0.192 e. The number of carbonyl (C=O) groups excluding carboxylic acids is 1. The van der Waals surface area contributed by atoms with Crippen molar-refractivity contribution in [3.8, 4) is 11.3 Å². The van der Waals surface area contributed by atoms with E-state index in [-0.39, 0.29) is 11.1 Å². The number of halogens is 1. The highest BCUT2D eigenvalue weighted by Gasteiger charge is 2.40. The Bertz CT molecular complexity index is 1170. The van der Waals surface area contributed by atoms with Gasteiger partial charge in [-0.25, -0.2) is 9.97 Å². The molecule has 172 valence electrons. The van der Waals surface area contributed by atoms with Crippen LogP contribution in [0.3, 0.4) is 0 Å². The van der Waals surface area contributed by atoms with Gasteiger partial charge in [0.2, 0.25) is 0 Å². The van der Waals surface area contributed by atoms with Gasteiger partial charge in [-0.05, 0) is 44.8 Å². The summed E-state index contributed by atoms with van der Waals surface area (Å²) in [5.41, 5.74) is 3.22. The molecule has 0 spiro atoms. The molecule has 0 unspecified atom stereocenters. The second-order valence-corrected chi connectivity index (χ2v) is 15.6. The number of nitrogens with zero attached hydrogens (tertiary/aromatic N) is 4. The second kappa shape index (κ2) is 8.08. The number of fused-ring (bicyclic) bond motifs is 1. The molecule has 1 saturated carbocycles. The van der Waals surface area contributed by atoms with Crippen LogP contribution in [0, 0.1) is 0 Å². The number of aldehydes is 1. The molecule has 7 nitrogen and oxygen atoms in total. The minimum Gasteiger partial charge on any atom is -0.412 e. The molecule has 0 aromatic carbocycles. The van der Waals surface area contributed by atoms with E-state index >= 15 is 0 Å². The Morgan fingerprint density at radius 2 is 2.00 bits per heavy atom. The predicted octanol–water partition coefficient (Wildman–Crippen LogP) is 6.53. The highest BCUT2D eigenvalue weighted by Crippen LogP contribution is 2.47. The molecule has 0 saturated heterocycles. The van der Waals surface area contributed by atoms with Crippen LogP contribution in [0.25, 0.3) is 22.3 Å². The molecular formula is C23H31ClN4O3Si. The van der Waals surface area contributed by atoms with Crippen LogP contribution in [0.1, 0.15) is 81.2 Å². The first-order chi connectivity index (χ1) is 15.0. The molecule has 3 aromatic heterocycles. The Morgan fingerprint density at radius 3 is 2.56 bits per heavy atom. The van der Waals surface area contributed by atoms with Crippen molar-refractivity contribution in [1.29, 1.82) is 0 Å². The second-order valence-electron chi connectivity index (χ2n) is 10.4. The van der Waals surface area contributed by atoms with Gasteiger partial charge in [0.05, 0.1) is 17.7 Å². The highest BCUT2D eigenvalue weighted by atomic mass is 35.5. The number of aromatic nitrogens is 4. The Labute approximate surface area is 194 Å². The third kappa shape index (κ3) is 3.82. The van der Waals surface area contributed by atoms with E-state index in [4.69, 9.17) is 20.6 Å². The Kier molecular flexibility index (Phi) is 5.84. The van der Waals surface area contributed by atoms with Crippen LogP contribution in [0.4, 0.5) is 0 Å². The quantitative estimate of drug-likeness (QED) is 0.220. The van der Waals surface area contributed by atoms with E-state index < -0.39 is 8.32 Å². The van der Waals surface area contributed by atoms with Crippen molar-refractivity contribution >= 4 is 37.2 Å². The lowest BCUT2D eigenvalue weighted by Gasteiger charge is -2.36. The molecule has 9 heteroatoms. The summed E-state index contributed by atoms with van der Waals surface area (Å²) in [5, 5.41) is 5.44. The molecule has 0 amide bonds. The third-order valence-electron chi connectivity index (χ3n) is 6.79. The van der Waals surface area contributed by atoms with Crippen LogP contribution in [0.2, 0.25) is 23.3 Å². The van der Waals surface area contributed by atoms with Crippen molar-refractivity contribution in [2.45, 2.75) is 84.2 Å². The van der Waals surface area contributed by atoms with E-state index in [0.29, 0.717) is 45.7 Å². The predicted molar refractivity (Wildman–Crippen MR) is 128 cm³/mol. The van der Waals surface area contributed by atoms with Gasteiger partial charge in [0.1, 0.15) is 28.6 Å². The number of carbonyl (C=O) groups is 1. The van der Waals surface area contributed by atoms with Gasteiger partial charge in [-0.15, -0.1) is 0 Å². The van der Waals surface area contributed by atoms with Gasteiger partial charge in [-0.2, -0.15) is 0 Å². The molecule has 0 bridgehead atoms. The zero-order chi connectivity index (χ0) is 23.4. The summed E-state index contributed by atoms with van der Waals surface area (Å²) in [5.74, 6) is 1.20. The first-order valence-corrected chi connectivity index (χ1v) is 14.4. The lowest BCUT2D eigenvalue weighted by atomic mass is 10.0. The molecule has 32 heavy (non-hydrogen) atoms. The molecule has 0 atom stereocenters. The van der Waals surface area contributed by atoms with Crippen molar-refractivity contribution < 1.29 is 13.7 Å². The number of hydrogen-bond donors (Lipinski definition) is 0. The number of rotatable bonds is 7. The number of hydrogen-bond acceptors (Lipinski definition) is 6. The molecule has 3 heterocycles. The molecule has 1 fully saturated rings. The monoisotopic (exact) mass is 474 g/mol. The van der Waals surface area contributed by atoms with Crippen molar-refractivity contribution in [1.82, 2.24) is 19.7 Å². The zero-order valence-corrected chi connectivity index (χ0v) is 21.6. The standard InChI is InChI=1S/C23H31ClN4O3Si/c1-13(2)28-16(10-29)17(18-21(24)25-12-26-22(18)28)19-15(20(31-27-19)14-8-9-14)11-30-32(6,7)23(3,4)5/h10,12-14H,8-9,11H2,1-7H3. The summed E-state index contributed by atoms with van der Waals surface area (Å²) >= 11 is 6.54. The zero-order valence-electron chi connectivity index (χ0n) is 19.8. The van der Waals surface area contributed by atoms with Crippen LogP contribution in [0.15, 0.2) is 10.9 Å². The van der Waals surface area contributed by atoms with Gasteiger partial charge in [0.25, 0.3) is 0 Å². The topological polar surface area (TPSA) is 83.0 Å². The van der Waals surface area contributed by atoms with Gasteiger partial charge in [0, 0.05) is 23.1 Å². The summed E-state index contributed by atoms with van der Waals surface area (Å²) in [6, 6.07) is -0.000786. The summed E-state index contributed by atoms with van der Waals surface area (Å²) in [7, 11) is -2.02. The Hall–Kier alpha value is -2.03. The Morgan fingerprint density at radius 1 is 1.31 bits per heavy atom. The van der Waals surface area contributed by atoms with Gasteiger partial charge in [0.15, 0.2) is 14.6 Å². The van der Waals surface area contributed by atoms with Crippen LogP contribution in [-0.4, -0.2) is 34.3 Å². The first-order valence-electron chi connectivity index (χ1n) is 11.1. The van der Waals surface area contributed by atoms with E-state index in [0.717, 1.165) is 30.5 Å². The van der Waals surface area contributed by atoms with Crippen molar-refractivity contribution in [3.05, 3.63) is 28.5 Å². The summed E-state index contributed by atoms with van der Waals surface area (Å²) < 4.78 is 14.3. The maximum Gasteiger partial charge on any atom is 0.192 e. The Balaban J connectivity index is 1.93. The molecule has 1 aliphatic rings. The van der Waals surface area contributed by atoms with E-state index in [9.17, 15) is 4.79 Å². The maximum atomic E-state index is 12.3. The van der Waals surface area contributed by atoms with Crippen molar-refractivity contribution in [2.75, 3.05) is 0 Å². The van der Waals surface area contributed by atoms with Crippen molar-refractivity contribution in [3.63, 3.8) is 0 Å². The molecule has 4 rings (SSSR count). The van der Waals surface area contributed by atoms with Gasteiger partial charge < -0.3 is 13.5 Å². The van der Waals surface area contributed by atoms with Crippen LogP contribution in [-0.2, 0) is 11.0 Å². The minimum atomic E-state index is -2.02. The highest BCUT2D eigenvalue weighted by molar-refractivity contribution is 6.74. The van der Waals surface area contributed by atoms with Crippen molar-refractivity contribution in [2.24, 2.45) is 0 Å². The molecule has 3 aromatic rings. The van der Waals surface area contributed by atoms with Crippen LogP contribution >= 0.6 is 11.6 Å². The first kappa shape index (κ1) is 23.1. The summed E-state index contributed by atoms with van der Waals surface area (Å²) in [4.78, 5) is 21.0. The van der Waals surface area contributed by atoms with E-state index in [2.05, 4.69) is 49.0 Å². The average molecular weight is 475 g/mol. The fraction of sp³-hybridized carbons (Fsp3) is 0.565. The largest absolute Gasteiger partial charge is 0.412 e.